The van der Waals surface area contributed by atoms with Gasteiger partial charge in [-0.3, -0.25) is 4.79 Å². The summed E-state index contributed by atoms with van der Waals surface area (Å²) in [6, 6.07) is -0.761. The quantitative estimate of drug-likeness (QED) is 0.0362. The molecular formula is C59H111NO4. The van der Waals surface area contributed by atoms with Crippen molar-refractivity contribution in [3.05, 3.63) is 48.6 Å². The van der Waals surface area contributed by atoms with Gasteiger partial charge < -0.3 is 20.6 Å². The normalized spacial score (nSPS) is 13.6. The van der Waals surface area contributed by atoms with Crippen LogP contribution in [0.3, 0.4) is 0 Å². The molecule has 0 aromatic rings. The number of carbonyl (C=O) groups excluding carboxylic acids is 1. The van der Waals surface area contributed by atoms with Crippen LogP contribution in [0.2, 0.25) is 0 Å². The Bertz CT molecular complexity index is 1040. The van der Waals surface area contributed by atoms with Gasteiger partial charge >= 0.3 is 0 Å². The summed E-state index contributed by atoms with van der Waals surface area (Å²) in [6.07, 6.45) is 71.7. The summed E-state index contributed by atoms with van der Waals surface area (Å²) in [7, 11) is 0. The molecular weight excluding hydrogens is 787 g/mol. The largest absolute Gasteiger partial charge is 0.394 e. The lowest BCUT2D eigenvalue weighted by Gasteiger charge is -2.21. The van der Waals surface area contributed by atoms with Gasteiger partial charge in [-0.1, -0.05) is 274 Å². The first-order valence-electron chi connectivity index (χ1n) is 28.4. The summed E-state index contributed by atoms with van der Waals surface area (Å²) in [5.74, 6) is -0.324. The summed E-state index contributed by atoms with van der Waals surface area (Å²) in [4.78, 5) is 12.5. The van der Waals surface area contributed by atoms with E-state index in [-0.39, 0.29) is 18.9 Å². The molecule has 0 rings (SSSR count). The Kier molecular flexibility index (Phi) is 52.5. The van der Waals surface area contributed by atoms with E-state index in [1.54, 1.807) is 6.08 Å². The highest BCUT2D eigenvalue weighted by Crippen LogP contribution is 2.17. The lowest BCUT2D eigenvalue weighted by Crippen LogP contribution is -2.45. The van der Waals surface area contributed by atoms with Crippen LogP contribution in [0.25, 0.3) is 0 Å². The zero-order valence-corrected chi connectivity index (χ0v) is 42.9. The van der Waals surface area contributed by atoms with Crippen molar-refractivity contribution in [1.82, 2.24) is 5.32 Å². The molecule has 4 N–H and O–H groups in total. The third-order valence-electron chi connectivity index (χ3n) is 13.1. The minimum absolute atomic E-state index is 0.00598. The van der Waals surface area contributed by atoms with Crippen LogP contribution in [0.15, 0.2) is 48.6 Å². The summed E-state index contributed by atoms with van der Waals surface area (Å²) in [5, 5.41) is 33.3. The van der Waals surface area contributed by atoms with Crippen LogP contribution >= 0.6 is 0 Å². The second-order valence-electron chi connectivity index (χ2n) is 19.5. The lowest BCUT2D eigenvalue weighted by molar-refractivity contribution is -0.124. The number of amides is 1. The van der Waals surface area contributed by atoms with Gasteiger partial charge in [0.15, 0.2) is 0 Å². The fourth-order valence-corrected chi connectivity index (χ4v) is 8.74. The topological polar surface area (TPSA) is 89.8 Å². The zero-order valence-electron chi connectivity index (χ0n) is 42.9. The fraction of sp³-hybridized carbons (Fsp3) is 0.847. The van der Waals surface area contributed by atoms with E-state index in [9.17, 15) is 20.1 Å². The minimum Gasteiger partial charge on any atom is -0.394 e. The predicted octanol–water partition coefficient (Wildman–Crippen LogP) is 17.6. The van der Waals surface area contributed by atoms with Crippen molar-refractivity contribution >= 4 is 5.91 Å². The highest BCUT2D eigenvalue weighted by Gasteiger charge is 2.20. The van der Waals surface area contributed by atoms with E-state index in [1.165, 1.54) is 231 Å². The van der Waals surface area contributed by atoms with Gasteiger partial charge in [-0.05, 0) is 64.2 Å². The average Bonchev–Trinajstić information content (AvgIpc) is 3.29. The van der Waals surface area contributed by atoms with Crippen LogP contribution in [-0.4, -0.2) is 46.1 Å². The van der Waals surface area contributed by atoms with Crippen molar-refractivity contribution in [1.29, 1.82) is 0 Å². The number of aliphatic hydroxyl groups is 3. The summed E-state index contributed by atoms with van der Waals surface area (Å²) < 4.78 is 0. The monoisotopic (exact) mass is 898 g/mol. The number of unbranched alkanes of at least 4 members (excludes halogenated alkanes) is 37. The van der Waals surface area contributed by atoms with Gasteiger partial charge in [0.1, 0.15) is 0 Å². The number of hydrogen-bond acceptors (Lipinski definition) is 4. The average molecular weight is 899 g/mol. The van der Waals surface area contributed by atoms with Crippen LogP contribution in [0.1, 0.15) is 296 Å². The van der Waals surface area contributed by atoms with Gasteiger partial charge in [-0.15, -0.1) is 0 Å². The number of aliphatic hydroxyl groups excluding tert-OH is 3. The van der Waals surface area contributed by atoms with E-state index >= 15 is 0 Å². The highest BCUT2D eigenvalue weighted by atomic mass is 16.3. The van der Waals surface area contributed by atoms with Crippen LogP contribution < -0.4 is 5.32 Å². The van der Waals surface area contributed by atoms with Crippen molar-refractivity contribution in [2.24, 2.45) is 0 Å². The van der Waals surface area contributed by atoms with Crippen LogP contribution in [0.5, 0.6) is 0 Å². The first-order valence-corrected chi connectivity index (χ1v) is 28.4. The first-order chi connectivity index (χ1) is 31.5. The SMILES string of the molecule is CCCCCCCCCC/C=C/CC/C=C/C(O)C(CO)NC(=O)CC(O)CCCCCCCCCCCCCCCCC/C=C\C/C=C\CCCCCCCCCCCCCCC. The van der Waals surface area contributed by atoms with Crippen LogP contribution in [0.4, 0.5) is 0 Å². The maximum absolute atomic E-state index is 12.5. The molecule has 1 amide bonds. The molecule has 0 bridgehead atoms. The number of carbonyl (C=O) groups is 1. The molecule has 3 unspecified atom stereocenters. The van der Waals surface area contributed by atoms with Gasteiger partial charge in [0, 0.05) is 0 Å². The Hall–Kier alpha value is -1.69. The van der Waals surface area contributed by atoms with E-state index in [0.29, 0.717) is 6.42 Å². The Morgan fingerprint density at radius 3 is 1.09 bits per heavy atom. The van der Waals surface area contributed by atoms with E-state index in [0.717, 1.165) is 38.5 Å². The maximum Gasteiger partial charge on any atom is 0.222 e. The van der Waals surface area contributed by atoms with Gasteiger partial charge in [0.2, 0.25) is 5.91 Å². The summed E-state index contributed by atoms with van der Waals surface area (Å²) in [6.45, 7) is 4.21. The molecule has 0 aliphatic heterocycles. The standard InChI is InChI=1S/C59H111NO4/c1-3-5-7-9-11-13-15-17-19-20-21-22-23-24-25-26-27-28-29-30-31-32-33-34-35-36-37-38-39-40-42-44-46-48-50-52-56(62)54-59(64)60-57(55-61)58(63)53-51-49-47-45-43-41-18-16-14-12-10-8-6-4-2/h25-26,28-29,43,45,51,53,56-58,61-63H,3-24,27,30-42,44,46-50,52,54-55H2,1-2H3,(H,60,64)/b26-25-,29-28-,45-43+,53-51+. The molecule has 64 heavy (non-hydrogen) atoms. The van der Waals surface area contributed by atoms with Crippen molar-refractivity contribution in [3.8, 4) is 0 Å². The Labute approximate surface area is 399 Å². The van der Waals surface area contributed by atoms with E-state index < -0.39 is 18.2 Å². The van der Waals surface area contributed by atoms with Gasteiger partial charge in [0.25, 0.3) is 0 Å². The van der Waals surface area contributed by atoms with E-state index in [1.807, 2.05) is 6.08 Å². The van der Waals surface area contributed by atoms with Crippen molar-refractivity contribution < 1.29 is 20.1 Å². The molecule has 5 nitrogen and oxygen atoms in total. The molecule has 0 heterocycles. The molecule has 0 spiro atoms. The second kappa shape index (κ2) is 53.9. The minimum atomic E-state index is -0.952. The first kappa shape index (κ1) is 62.3. The predicted molar refractivity (Wildman–Crippen MR) is 282 cm³/mol. The summed E-state index contributed by atoms with van der Waals surface area (Å²) >= 11 is 0. The number of nitrogens with one attached hydrogen (secondary N) is 1. The molecule has 0 radical (unpaired) electrons. The van der Waals surface area contributed by atoms with E-state index in [2.05, 4.69) is 55.6 Å². The van der Waals surface area contributed by atoms with Crippen molar-refractivity contribution in [2.75, 3.05) is 6.61 Å². The molecule has 3 atom stereocenters. The van der Waals surface area contributed by atoms with Gasteiger partial charge in [-0.25, -0.2) is 0 Å². The highest BCUT2D eigenvalue weighted by molar-refractivity contribution is 5.76. The second-order valence-corrected chi connectivity index (χ2v) is 19.5. The van der Waals surface area contributed by atoms with Gasteiger partial charge in [-0.2, -0.15) is 0 Å². The van der Waals surface area contributed by atoms with E-state index in [4.69, 9.17) is 0 Å². The molecule has 0 fully saturated rings. The molecule has 0 aliphatic carbocycles. The Morgan fingerprint density at radius 2 is 0.719 bits per heavy atom. The Balaban J connectivity index is 3.52. The molecule has 0 aromatic heterocycles. The van der Waals surface area contributed by atoms with Crippen LogP contribution in [-0.2, 0) is 4.79 Å². The Morgan fingerprint density at radius 1 is 0.406 bits per heavy atom. The molecule has 0 aliphatic rings. The molecule has 376 valence electrons. The smallest absolute Gasteiger partial charge is 0.222 e. The van der Waals surface area contributed by atoms with Gasteiger partial charge in [0.05, 0.1) is 31.3 Å². The molecule has 0 aromatic carbocycles. The maximum atomic E-state index is 12.5. The third-order valence-corrected chi connectivity index (χ3v) is 13.1. The van der Waals surface area contributed by atoms with Crippen molar-refractivity contribution in [2.45, 2.75) is 315 Å². The number of allylic oxidation sites excluding steroid dienone is 7. The molecule has 0 saturated heterocycles. The zero-order chi connectivity index (χ0) is 46.5. The third kappa shape index (κ3) is 49.7. The van der Waals surface area contributed by atoms with Crippen LogP contribution in [0, 0.1) is 0 Å². The number of rotatable bonds is 52. The molecule has 0 saturated carbocycles. The summed E-state index contributed by atoms with van der Waals surface area (Å²) in [5.41, 5.74) is 0. The number of hydrogen-bond donors (Lipinski definition) is 4. The lowest BCUT2D eigenvalue weighted by atomic mass is 10.0. The molecule has 5 heteroatoms. The van der Waals surface area contributed by atoms with Crippen molar-refractivity contribution in [3.63, 3.8) is 0 Å². The fourth-order valence-electron chi connectivity index (χ4n) is 8.74.